The Bertz CT molecular complexity index is 545. The lowest BCUT2D eigenvalue weighted by Gasteiger charge is -2.09. The fraction of sp³-hybridized carbons (Fsp3) is 0.143. The highest BCUT2D eigenvalue weighted by Crippen LogP contribution is 2.24. The predicted molar refractivity (Wildman–Crippen MR) is 70.1 cm³/mol. The standard InChI is InChI=1S/C14H13ClFNO/c15-12-3-1-2-4-14(12)18-9-11-6-5-10(8-17)7-13(11)16/h1-7H,8-9,17H2. The van der Waals surface area contributed by atoms with Crippen molar-refractivity contribution in [3.63, 3.8) is 0 Å². The van der Waals surface area contributed by atoms with Gasteiger partial charge in [0.1, 0.15) is 18.2 Å². The Balaban J connectivity index is 2.09. The van der Waals surface area contributed by atoms with E-state index < -0.39 is 0 Å². The van der Waals surface area contributed by atoms with Crippen molar-refractivity contribution in [2.45, 2.75) is 13.2 Å². The molecule has 4 heteroatoms. The van der Waals surface area contributed by atoms with Crippen LogP contribution in [0.3, 0.4) is 0 Å². The second kappa shape index (κ2) is 5.85. The minimum atomic E-state index is -0.315. The zero-order valence-electron chi connectivity index (χ0n) is 9.70. The van der Waals surface area contributed by atoms with Crippen molar-refractivity contribution in [2.24, 2.45) is 5.73 Å². The van der Waals surface area contributed by atoms with Crippen molar-refractivity contribution >= 4 is 11.6 Å². The molecule has 2 rings (SSSR count). The van der Waals surface area contributed by atoms with Gasteiger partial charge in [-0.05, 0) is 23.8 Å². The van der Waals surface area contributed by atoms with E-state index in [1.54, 1.807) is 24.3 Å². The van der Waals surface area contributed by atoms with E-state index in [2.05, 4.69) is 0 Å². The number of benzene rings is 2. The number of rotatable bonds is 4. The molecule has 0 unspecified atom stereocenters. The molecule has 0 heterocycles. The summed E-state index contributed by atoms with van der Waals surface area (Å²) in [5.74, 6) is 0.228. The molecule has 0 saturated heterocycles. The SMILES string of the molecule is NCc1ccc(COc2ccccc2Cl)c(F)c1. The maximum Gasteiger partial charge on any atom is 0.138 e. The molecule has 2 N–H and O–H groups in total. The van der Waals surface area contributed by atoms with Gasteiger partial charge in [-0.3, -0.25) is 0 Å². The topological polar surface area (TPSA) is 35.2 Å². The molecule has 2 aromatic rings. The number of hydrogen-bond donors (Lipinski definition) is 1. The van der Waals surface area contributed by atoms with E-state index in [1.807, 2.05) is 12.1 Å². The van der Waals surface area contributed by atoms with Crippen LogP contribution in [0.4, 0.5) is 4.39 Å². The van der Waals surface area contributed by atoms with Crippen LogP contribution in [0, 0.1) is 5.82 Å². The van der Waals surface area contributed by atoms with E-state index in [-0.39, 0.29) is 12.4 Å². The van der Waals surface area contributed by atoms with Crippen LogP contribution in [0.1, 0.15) is 11.1 Å². The first-order valence-corrected chi connectivity index (χ1v) is 5.93. The van der Waals surface area contributed by atoms with E-state index in [4.69, 9.17) is 22.1 Å². The lowest BCUT2D eigenvalue weighted by atomic mass is 10.1. The minimum absolute atomic E-state index is 0.139. The van der Waals surface area contributed by atoms with Crippen LogP contribution in [0.2, 0.25) is 5.02 Å². The van der Waals surface area contributed by atoms with Crippen LogP contribution in [0.15, 0.2) is 42.5 Å². The molecule has 0 fully saturated rings. The fourth-order valence-corrected chi connectivity index (χ4v) is 1.74. The van der Waals surface area contributed by atoms with Crippen LogP contribution >= 0.6 is 11.6 Å². The monoisotopic (exact) mass is 265 g/mol. The Morgan fingerprint density at radius 2 is 1.94 bits per heavy atom. The van der Waals surface area contributed by atoms with Gasteiger partial charge in [0, 0.05) is 12.1 Å². The van der Waals surface area contributed by atoms with Crippen molar-refractivity contribution in [3.8, 4) is 5.75 Å². The van der Waals surface area contributed by atoms with E-state index in [0.717, 1.165) is 5.56 Å². The third-order valence-corrected chi connectivity index (χ3v) is 2.89. The molecule has 94 valence electrons. The Morgan fingerprint density at radius 1 is 1.17 bits per heavy atom. The van der Waals surface area contributed by atoms with Crippen LogP contribution in [-0.4, -0.2) is 0 Å². The molecule has 0 aliphatic rings. The highest BCUT2D eigenvalue weighted by Gasteiger charge is 2.05. The van der Waals surface area contributed by atoms with Crippen molar-refractivity contribution in [2.75, 3.05) is 0 Å². The van der Waals surface area contributed by atoms with Gasteiger partial charge < -0.3 is 10.5 Å². The third kappa shape index (κ3) is 3.00. The molecule has 0 bridgehead atoms. The smallest absolute Gasteiger partial charge is 0.138 e. The molecule has 0 amide bonds. The molecule has 18 heavy (non-hydrogen) atoms. The average Bonchev–Trinajstić information content (AvgIpc) is 2.39. The fourth-order valence-electron chi connectivity index (χ4n) is 1.55. The average molecular weight is 266 g/mol. The molecule has 0 saturated carbocycles. The van der Waals surface area contributed by atoms with Gasteiger partial charge in [0.2, 0.25) is 0 Å². The molecule has 0 aliphatic carbocycles. The Morgan fingerprint density at radius 3 is 2.61 bits per heavy atom. The quantitative estimate of drug-likeness (QED) is 0.918. The molecular formula is C14H13ClFNO. The summed E-state index contributed by atoms with van der Waals surface area (Å²) in [5, 5.41) is 0.511. The van der Waals surface area contributed by atoms with Gasteiger partial charge in [-0.25, -0.2) is 4.39 Å². The van der Waals surface area contributed by atoms with Gasteiger partial charge in [-0.15, -0.1) is 0 Å². The highest BCUT2D eigenvalue weighted by atomic mass is 35.5. The van der Waals surface area contributed by atoms with Crippen molar-refractivity contribution < 1.29 is 9.13 Å². The first-order chi connectivity index (χ1) is 8.70. The zero-order valence-corrected chi connectivity index (χ0v) is 10.5. The molecule has 0 spiro atoms. The normalized spacial score (nSPS) is 10.4. The van der Waals surface area contributed by atoms with Crippen LogP contribution in [0.25, 0.3) is 0 Å². The largest absolute Gasteiger partial charge is 0.487 e. The van der Waals surface area contributed by atoms with Gasteiger partial charge in [0.05, 0.1) is 5.02 Å². The number of nitrogens with two attached hydrogens (primary N) is 1. The predicted octanol–water partition coefficient (Wildman–Crippen LogP) is 3.52. The van der Waals surface area contributed by atoms with Crippen molar-refractivity contribution in [1.29, 1.82) is 0 Å². The van der Waals surface area contributed by atoms with Crippen LogP contribution in [0.5, 0.6) is 5.75 Å². The van der Waals surface area contributed by atoms with Crippen molar-refractivity contribution in [1.82, 2.24) is 0 Å². The lowest BCUT2D eigenvalue weighted by molar-refractivity contribution is 0.300. The summed E-state index contributed by atoms with van der Waals surface area (Å²) in [4.78, 5) is 0. The molecule has 2 nitrogen and oxygen atoms in total. The summed E-state index contributed by atoms with van der Waals surface area (Å²) in [6, 6.07) is 12.0. The highest BCUT2D eigenvalue weighted by molar-refractivity contribution is 6.32. The first kappa shape index (κ1) is 12.9. The summed E-state index contributed by atoms with van der Waals surface area (Å²) >= 11 is 5.94. The molecule has 0 radical (unpaired) electrons. The van der Waals surface area contributed by atoms with Gasteiger partial charge in [-0.1, -0.05) is 35.9 Å². The first-order valence-electron chi connectivity index (χ1n) is 5.55. The lowest BCUT2D eigenvalue weighted by Crippen LogP contribution is -2.02. The Kier molecular flexibility index (Phi) is 4.18. The molecular weight excluding hydrogens is 253 g/mol. The van der Waals surface area contributed by atoms with Crippen molar-refractivity contribution in [3.05, 3.63) is 64.4 Å². The molecule has 0 aliphatic heterocycles. The second-order valence-corrected chi connectivity index (χ2v) is 4.26. The summed E-state index contributed by atoms with van der Waals surface area (Å²) in [6.07, 6.45) is 0. The summed E-state index contributed by atoms with van der Waals surface area (Å²) in [7, 11) is 0. The van der Waals surface area contributed by atoms with Gasteiger partial charge in [0.25, 0.3) is 0 Å². The molecule has 0 aromatic heterocycles. The number of hydrogen-bond acceptors (Lipinski definition) is 2. The summed E-state index contributed by atoms with van der Waals surface area (Å²) in [5.41, 5.74) is 6.68. The van der Waals surface area contributed by atoms with Gasteiger partial charge in [0.15, 0.2) is 0 Å². The molecule has 0 atom stereocenters. The third-order valence-electron chi connectivity index (χ3n) is 2.57. The van der Waals surface area contributed by atoms with E-state index in [9.17, 15) is 4.39 Å². The molecule has 2 aromatic carbocycles. The van der Waals surface area contributed by atoms with Gasteiger partial charge >= 0.3 is 0 Å². The number of halogens is 2. The summed E-state index contributed by atoms with van der Waals surface area (Å²) in [6.45, 7) is 0.461. The Labute approximate surface area is 110 Å². The Hall–Kier alpha value is -1.58. The van der Waals surface area contributed by atoms with E-state index in [1.165, 1.54) is 6.07 Å². The van der Waals surface area contributed by atoms with Crippen LogP contribution in [-0.2, 0) is 13.2 Å². The number of ether oxygens (including phenoxy) is 1. The maximum atomic E-state index is 13.7. The second-order valence-electron chi connectivity index (χ2n) is 3.85. The van der Waals surface area contributed by atoms with Gasteiger partial charge in [-0.2, -0.15) is 0 Å². The summed E-state index contributed by atoms with van der Waals surface area (Å²) < 4.78 is 19.1. The van der Waals surface area contributed by atoms with E-state index >= 15 is 0 Å². The van der Waals surface area contributed by atoms with E-state index in [0.29, 0.717) is 22.9 Å². The number of para-hydroxylation sites is 1. The zero-order chi connectivity index (χ0) is 13.0. The van der Waals surface area contributed by atoms with Crippen LogP contribution < -0.4 is 10.5 Å². The maximum absolute atomic E-state index is 13.7. The minimum Gasteiger partial charge on any atom is -0.487 e.